The predicted molar refractivity (Wildman–Crippen MR) is 108 cm³/mol. The number of para-hydroxylation sites is 1. The fourth-order valence-electron chi connectivity index (χ4n) is 4.61. The quantitative estimate of drug-likeness (QED) is 0.842. The van der Waals surface area contributed by atoms with Crippen LogP contribution >= 0.6 is 0 Å². The topological polar surface area (TPSA) is 61.9 Å². The first-order valence-corrected chi connectivity index (χ1v) is 10.7. The largest absolute Gasteiger partial charge is 0.381 e. The van der Waals surface area contributed by atoms with E-state index in [0.717, 1.165) is 70.6 Å². The third kappa shape index (κ3) is 4.73. The lowest BCUT2D eigenvalue weighted by Crippen LogP contribution is -2.44. The molecule has 3 aliphatic rings. The summed E-state index contributed by atoms with van der Waals surface area (Å²) in [6.07, 6.45) is 5.39. The van der Waals surface area contributed by atoms with E-state index < -0.39 is 0 Å². The molecular weight excluding hydrogens is 354 g/mol. The number of carbonyl (C=O) groups excluding carboxylic acids is 2. The SMILES string of the molecule is O=C(CC1CCN(CC(=O)N2CCc3ccccc32)CC1)NC1CCOCC1. The Morgan fingerprint density at radius 1 is 1.04 bits per heavy atom. The van der Waals surface area contributed by atoms with Crippen LogP contribution < -0.4 is 10.2 Å². The van der Waals surface area contributed by atoms with Crippen LogP contribution in [0.4, 0.5) is 5.69 Å². The molecule has 2 amide bonds. The fourth-order valence-corrected chi connectivity index (χ4v) is 4.61. The Morgan fingerprint density at radius 2 is 1.79 bits per heavy atom. The van der Waals surface area contributed by atoms with Gasteiger partial charge < -0.3 is 15.0 Å². The van der Waals surface area contributed by atoms with Gasteiger partial charge in [-0.15, -0.1) is 0 Å². The number of nitrogens with zero attached hydrogens (tertiary/aromatic N) is 2. The Morgan fingerprint density at radius 3 is 2.57 bits per heavy atom. The van der Waals surface area contributed by atoms with Gasteiger partial charge in [-0.25, -0.2) is 0 Å². The molecule has 152 valence electrons. The zero-order chi connectivity index (χ0) is 19.3. The van der Waals surface area contributed by atoms with E-state index in [1.165, 1.54) is 5.56 Å². The number of nitrogens with one attached hydrogen (secondary N) is 1. The Kier molecular flexibility index (Phi) is 6.27. The molecule has 0 aromatic heterocycles. The first-order valence-electron chi connectivity index (χ1n) is 10.7. The van der Waals surface area contributed by atoms with Gasteiger partial charge in [0.25, 0.3) is 0 Å². The van der Waals surface area contributed by atoms with Gasteiger partial charge in [0, 0.05) is 37.9 Å². The summed E-state index contributed by atoms with van der Waals surface area (Å²) in [6.45, 7) is 4.57. The standard InChI is InChI=1S/C22H31N3O3/c26-21(23-19-8-13-28-14-9-19)15-17-5-10-24(11-6-17)16-22(27)25-12-7-18-3-1-2-4-20(18)25/h1-4,17,19H,5-16H2,(H,23,26). The summed E-state index contributed by atoms with van der Waals surface area (Å²) >= 11 is 0. The number of anilines is 1. The van der Waals surface area contributed by atoms with Crippen LogP contribution in [0.5, 0.6) is 0 Å². The number of hydrogen-bond donors (Lipinski definition) is 1. The maximum Gasteiger partial charge on any atom is 0.241 e. The molecule has 0 spiro atoms. The van der Waals surface area contributed by atoms with E-state index in [1.54, 1.807) is 0 Å². The van der Waals surface area contributed by atoms with Gasteiger partial charge in [-0.3, -0.25) is 14.5 Å². The molecule has 2 saturated heterocycles. The van der Waals surface area contributed by atoms with Crippen LogP contribution in [-0.2, 0) is 20.7 Å². The molecule has 28 heavy (non-hydrogen) atoms. The highest BCUT2D eigenvalue weighted by atomic mass is 16.5. The molecule has 6 nitrogen and oxygen atoms in total. The summed E-state index contributed by atoms with van der Waals surface area (Å²) in [5.41, 5.74) is 2.34. The van der Waals surface area contributed by atoms with Crippen molar-refractivity contribution in [1.29, 1.82) is 0 Å². The van der Waals surface area contributed by atoms with Crippen LogP contribution in [0.2, 0.25) is 0 Å². The van der Waals surface area contributed by atoms with Gasteiger partial charge in [-0.1, -0.05) is 18.2 Å². The van der Waals surface area contributed by atoms with Crippen molar-refractivity contribution < 1.29 is 14.3 Å². The third-order valence-corrected chi connectivity index (χ3v) is 6.31. The molecule has 3 aliphatic heterocycles. The molecule has 1 N–H and O–H groups in total. The number of carbonyl (C=O) groups is 2. The first kappa shape index (κ1) is 19.4. The van der Waals surface area contributed by atoms with Crippen LogP contribution in [0.1, 0.15) is 37.7 Å². The van der Waals surface area contributed by atoms with Crippen molar-refractivity contribution in [3.05, 3.63) is 29.8 Å². The van der Waals surface area contributed by atoms with Gasteiger partial charge in [-0.05, 0) is 62.7 Å². The maximum absolute atomic E-state index is 12.8. The van der Waals surface area contributed by atoms with E-state index in [1.807, 2.05) is 23.1 Å². The van der Waals surface area contributed by atoms with Crippen molar-refractivity contribution in [2.45, 2.75) is 44.6 Å². The van der Waals surface area contributed by atoms with Crippen molar-refractivity contribution in [3.63, 3.8) is 0 Å². The summed E-state index contributed by atoms with van der Waals surface area (Å²) in [5, 5.41) is 3.16. The zero-order valence-corrected chi connectivity index (χ0v) is 16.6. The molecule has 0 unspecified atom stereocenters. The highest BCUT2D eigenvalue weighted by molar-refractivity contribution is 5.96. The van der Waals surface area contributed by atoms with E-state index in [9.17, 15) is 9.59 Å². The van der Waals surface area contributed by atoms with Gasteiger partial charge in [0.1, 0.15) is 0 Å². The predicted octanol–water partition coefficient (Wildman–Crippen LogP) is 1.97. The van der Waals surface area contributed by atoms with Crippen LogP contribution in [0.3, 0.4) is 0 Å². The van der Waals surface area contributed by atoms with E-state index in [2.05, 4.69) is 16.3 Å². The van der Waals surface area contributed by atoms with E-state index in [0.29, 0.717) is 18.9 Å². The molecule has 0 saturated carbocycles. The number of benzene rings is 1. The summed E-state index contributed by atoms with van der Waals surface area (Å²) in [6, 6.07) is 8.47. The van der Waals surface area contributed by atoms with Gasteiger partial charge in [0.15, 0.2) is 0 Å². The van der Waals surface area contributed by atoms with Crippen LogP contribution in [0.25, 0.3) is 0 Å². The second-order valence-corrected chi connectivity index (χ2v) is 8.30. The summed E-state index contributed by atoms with van der Waals surface area (Å²) in [5.74, 6) is 0.800. The lowest BCUT2D eigenvalue weighted by molar-refractivity contribution is -0.124. The van der Waals surface area contributed by atoms with E-state index >= 15 is 0 Å². The summed E-state index contributed by atoms with van der Waals surface area (Å²) in [7, 11) is 0. The monoisotopic (exact) mass is 385 g/mol. The Balaban J connectivity index is 1.19. The van der Waals surface area contributed by atoms with Crippen molar-refractivity contribution in [3.8, 4) is 0 Å². The average molecular weight is 386 g/mol. The smallest absolute Gasteiger partial charge is 0.241 e. The Bertz CT molecular complexity index is 694. The lowest BCUT2D eigenvalue weighted by Gasteiger charge is -2.32. The summed E-state index contributed by atoms with van der Waals surface area (Å²) in [4.78, 5) is 29.2. The highest BCUT2D eigenvalue weighted by Gasteiger charge is 2.28. The number of rotatable bonds is 5. The highest BCUT2D eigenvalue weighted by Crippen LogP contribution is 2.28. The van der Waals surface area contributed by atoms with E-state index in [-0.39, 0.29) is 17.9 Å². The van der Waals surface area contributed by atoms with Crippen molar-refractivity contribution in [2.24, 2.45) is 5.92 Å². The average Bonchev–Trinajstić information content (AvgIpc) is 3.14. The molecule has 2 fully saturated rings. The number of likely N-dealkylation sites (tertiary alicyclic amines) is 1. The molecule has 6 heteroatoms. The Hall–Kier alpha value is -1.92. The second kappa shape index (κ2) is 9.05. The number of piperidine rings is 1. The van der Waals surface area contributed by atoms with Crippen LogP contribution in [0, 0.1) is 5.92 Å². The van der Waals surface area contributed by atoms with Gasteiger partial charge in [-0.2, -0.15) is 0 Å². The lowest BCUT2D eigenvalue weighted by atomic mass is 9.93. The minimum Gasteiger partial charge on any atom is -0.381 e. The molecule has 3 heterocycles. The maximum atomic E-state index is 12.8. The van der Waals surface area contributed by atoms with Gasteiger partial charge >= 0.3 is 0 Å². The second-order valence-electron chi connectivity index (χ2n) is 8.30. The van der Waals surface area contributed by atoms with Crippen molar-refractivity contribution in [1.82, 2.24) is 10.2 Å². The molecule has 4 rings (SSSR count). The van der Waals surface area contributed by atoms with Crippen molar-refractivity contribution in [2.75, 3.05) is 44.3 Å². The molecule has 0 aliphatic carbocycles. The minimum atomic E-state index is 0.176. The van der Waals surface area contributed by atoms with Crippen molar-refractivity contribution >= 4 is 17.5 Å². The molecule has 0 bridgehead atoms. The third-order valence-electron chi connectivity index (χ3n) is 6.31. The Labute approximate surface area is 167 Å². The summed E-state index contributed by atoms with van der Waals surface area (Å²) < 4.78 is 5.34. The molecule has 0 radical (unpaired) electrons. The van der Waals surface area contributed by atoms with Crippen LogP contribution in [0.15, 0.2) is 24.3 Å². The zero-order valence-electron chi connectivity index (χ0n) is 16.6. The number of ether oxygens (including phenoxy) is 1. The molecule has 1 aromatic carbocycles. The number of fused-ring (bicyclic) bond motifs is 1. The number of hydrogen-bond acceptors (Lipinski definition) is 4. The molecule has 1 aromatic rings. The molecule has 0 atom stereocenters. The van der Waals surface area contributed by atoms with Gasteiger partial charge in [0.05, 0.1) is 6.54 Å². The van der Waals surface area contributed by atoms with Crippen LogP contribution in [-0.4, -0.2) is 62.1 Å². The minimum absolute atomic E-state index is 0.176. The van der Waals surface area contributed by atoms with E-state index in [4.69, 9.17) is 4.74 Å². The normalized spacial score (nSPS) is 21.5. The van der Waals surface area contributed by atoms with Gasteiger partial charge in [0.2, 0.25) is 11.8 Å². The fraction of sp³-hybridized carbons (Fsp3) is 0.636. The first-order chi connectivity index (χ1) is 13.7. The molecular formula is C22H31N3O3. The number of amides is 2.